The molecule has 11 heteroatoms. The minimum atomic E-state index is -1.47. The van der Waals surface area contributed by atoms with E-state index in [1.54, 1.807) is 39.0 Å². The van der Waals surface area contributed by atoms with Crippen LogP contribution in [0, 0.1) is 12.3 Å². The van der Waals surface area contributed by atoms with Crippen molar-refractivity contribution in [2.45, 2.75) is 78.1 Å². The van der Waals surface area contributed by atoms with Crippen LogP contribution in [0.3, 0.4) is 0 Å². The van der Waals surface area contributed by atoms with Crippen LogP contribution in [-0.4, -0.2) is 55.8 Å². The molecule has 0 bridgehead atoms. The molecule has 1 atom stereocenters. The molecular weight excluding hydrogens is 631 g/mol. The summed E-state index contributed by atoms with van der Waals surface area (Å²) in [5.41, 5.74) is 4.11. The molecule has 1 spiro atoms. The van der Waals surface area contributed by atoms with Gasteiger partial charge in [0.25, 0.3) is 0 Å². The van der Waals surface area contributed by atoms with Gasteiger partial charge in [-0.3, -0.25) is 0 Å². The number of hydrogen-bond donors (Lipinski definition) is 1. The van der Waals surface area contributed by atoms with E-state index in [-0.39, 0.29) is 17.7 Å². The zero-order chi connectivity index (χ0) is 32.9. The van der Waals surface area contributed by atoms with Crippen molar-refractivity contribution in [3.63, 3.8) is 0 Å². The van der Waals surface area contributed by atoms with Crippen molar-refractivity contribution < 1.29 is 19.2 Å². The summed E-state index contributed by atoms with van der Waals surface area (Å²) in [5.74, 6) is -0.103. The van der Waals surface area contributed by atoms with Gasteiger partial charge in [-0.1, -0.05) is 51.9 Å². The molecule has 2 aromatic carbocycles. The van der Waals surface area contributed by atoms with Gasteiger partial charge in [0.2, 0.25) is 0 Å². The van der Waals surface area contributed by atoms with Crippen LogP contribution in [0.1, 0.15) is 87.3 Å². The lowest BCUT2D eigenvalue weighted by Crippen LogP contribution is -2.45. The number of esters is 1. The average molecular weight is 672 g/mol. The number of piperidine rings is 1. The highest BCUT2D eigenvalue weighted by molar-refractivity contribution is 7.91. The zero-order valence-corrected chi connectivity index (χ0v) is 29.2. The molecule has 1 aliphatic carbocycles. The first-order valence-electron chi connectivity index (χ1n) is 15.2. The molecular formula is C34H40Cl2N4O4S. The van der Waals surface area contributed by atoms with Gasteiger partial charge in [0.15, 0.2) is 11.5 Å². The SMILES string of the molecule is CCOC(=O)c1nc(-c2cccc(Cl)c2Cl)c(C)nc1N1CCC2(CC1)Cc1ccc(C(C)(C)O)cc1C2=N[S+]([O-])C(C)(C)C. The Morgan fingerprint density at radius 2 is 1.80 bits per heavy atom. The van der Waals surface area contributed by atoms with Crippen LogP contribution in [0.15, 0.2) is 40.8 Å². The van der Waals surface area contributed by atoms with Gasteiger partial charge >= 0.3 is 5.97 Å². The van der Waals surface area contributed by atoms with E-state index in [2.05, 4.69) is 11.0 Å². The number of hydrogen-bond acceptors (Lipinski definition) is 8. The lowest BCUT2D eigenvalue weighted by atomic mass is 9.74. The topological polar surface area (TPSA) is 111 Å². The number of aliphatic hydroxyl groups is 1. The summed E-state index contributed by atoms with van der Waals surface area (Å²) in [6, 6.07) is 11.3. The van der Waals surface area contributed by atoms with E-state index in [4.69, 9.17) is 42.3 Å². The summed E-state index contributed by atoms with van der Waals surface area (Å²) in [6.07, 6.45) is 2.15. The summed E-state index contributed by atoms with van der Waals surface area (Å²) in [5, 5.41) is 11.5. The van der Waals surface area contributed by atoms with Gasteiger partial charge in [0.1, 0.15) is 21.8 Å². The van der Waals surface area contributed by atoms with Crippen LogP contribution < -0.4 is 4.90 Å². The fourth-order valence-corrected chi connectivity index (χ4v) is 7.12. The third kappa shape index (κ3) is 6.60. The maximum atomic E-state index is 13.4. The van der Waals surface area contributed by atoms with Gasteiger partial charge in [-0.15, -0.1) is 0 Å². The first kappa shape index (κ1) is 33.7. The highest BCUT2D eigenvalue weighted by atomic mass is 35.5. The molecule has 3 aromatic rings. The molecule has 240 valence electrons. The minimum Gasteiger partial charge on any atom is -0.591 e. The van der Waals surface area contributed by atoms with Crippen molar-refractivity contribution in [1.29, 1.82) is 0 Å². The fraction of sp³-hybridized carbons (Fsp3) is 0.471. The minimum absolute atomic E-state index is 0.122. The number of benzene rings is 2. The van der Waals surface area contributed by atoms with Crippen LogP contribution in [0.2, 0.25) is 10.0 Å². The van der Waals surface area contributed by atoms with E-state index >= 15 is 0 Å². The quantitative estimate of drug-likeness (QED) is 0.217. The van der Waals surface area contributed by atoms with Gasteiger partial charge in [-0.05, 0) is 91.0 Å². The van der Waals surface area contributed by atoms with E-state index < -0.39 is 27.7 Å². The number of carbonyl (C=O) groups excluding carboxylic acids is 1. The smallest absolute Gasteiger partial charge is 0.360 e. The van der Waals surface area contributed by atoms with Crippen molar-refractivity contribution in [1.82, 2.24) is 9.97 Å². The predicted molar refractivity (Wildman–Crippen MR) is 182 cm³/mol. The number of rotatable bonds is 6. The standard InChI is InChI=1S/C34H40Cl2N4O4S/c1-8-44-31(41)28-30(37-20(2)27(38-28)23-10-9-11-25(35)26(23)36)40-16-14-34(15-17-40)19-21-12-13-22(33(6,7)42)18-24(21)29(34)39-45(43)32(3,4)5/h9-13,18,42H,8,14-17,19H2,1-7H3. The number of halogens is 2. The second-order valence-corrected chi connectivity index (χ2v) is 16.0. The number of fused-ring (bicyclic) bond motifs is 1. The maximum Gasteiger partial charge on any atom is 0.360 e. The molecule has 0 amide bonds. The number of nitrogens with zero attached hydrogens (tertiary/aromatic N) is 4. The second kappa shape index (κ2) is 12.5. The van der Waals surface area contributed by atoms with Gasteiger partial charge in [0.05, 0.1) is 33.6 Å². The lowest BCUT2D eigenvalue weighted by Gasteiger charge is -2.40. The summed E-state index contributed by atoms with van der Waals surface area (Å²) in [7, 11) is 0. The fourth-order valence-electron chi connectivity index (χ4n) is 6.00. The van der Waals surface area contributed by atoms with Crippen molar-refractivity contribution in [2.75, 3.05) is 24.6 Å². The van der Waals surface area contributed by atoms with Crippen molar-refractivity contribution >= 4 is 52.1 Å². The van der Waals surface area contributed by atoms with E-state index in [1.807, 2.05) is 39.8 Å². The summed E-state index contributed by atoms with van der Waals surface area (Å²) in [6.45, 7) is 14.2. The molecule has 0 radical (unpaired) electrons. The Bertz CT molecular complexity index is 1660. The van der Waals surface area contributed by atoms with Crippen molar-refractivity contribution in [3.8, 4) is 11.3 Å². The third-order valence-electron chi connectivity index (χ3n) is 8.55. The first-order valence-corrected chi connectivity index (χ1v) is 17.0. The van der Waals surface area contributed by atoms with E-state index in [0.717, 1.165) is 28.8 Å². The number of carbonyl (C=O) groups is 1. The monoisotopic (exact) mass is 670 g/mol. The Balaban J connectivity index is 1.53. The summed E-state index contributed by atoms with van der Waals surface area (Å²) in [4.78, 5) is 25.0. The van der Waals surface area contributed by atoms with Crippen molar-refractivity contribution in [2.24, 2.45) is 9.81 Å². The highest BCUT2D eigenvalue weighted by Crippen LogP contribution is 2.47. The number of aryl methyl sites for hydroxylation is 1. The third-order valence-corrected chi connectivity index (χ3v) is 10.8. The Morgan fingerprint density at radius 3 is 2.42 bits per heavy atom. The molecule has 2 heterocycles. The molecule has 1 unspecified atom stereocenters. The van der Waals surface area contributed by atoms with E-state index in [9.17, 15) is 14.5 Å². The largest absolute Gasteiger partial charge is 0.591 e. The summed E-state index contributed by atoms with van der Waals surface area (Å²) < 4.78 is 23.2. The normalized spacial score (nSPS) is 17.9. The molecule has 5 rings (SSSR count). The van der Waals surface area contributed by atoms with Crippen molar-refractivity contribution in [3.05, 3.63) is 74.5 Å². The molecule has 1 saturated heterocycles. The maximum absolute atomic E-state index is 13.4. The van der Waals surface area contributed by atoms with Gasteiger partial charge in [-0.25, -0.2) is 14.8 Å². The predicted octanol–water partition coefficient (Wildman–Crippen LogP) is 7.26. The average Bonchev–Trinajstić information content (AvgIpc) is 3.25. The van der Waals surface area contributed by atoms with Crippen LogP contribution in [0.25, 0.3) is 11.3 Å². The molecule has 1 N–H and O–H groups in total. The molecule has 0 saturated carbocycles. The molecule has 1 fully saturated rings. The first-order chi connectivity index (χ1) is 21.1. The van der Waals surface area contributed by atoms with Gasteiger partial charge < -0.3 is 19.3 Å². The number of aromatic nitrogens is 2. The zero-order valence-electron chi connectivity index (χ0n) is 26.8. The van der Waals surface area contributed by atoms with Crippen LogP contribution in [0.4, 0.5) is 5.82 Å². The molecule has 45 heavy (non-hydrogen) atoms. The Hall–Kier alpha value is -2.69. The number of ether oxygens (including phenoxy) is 1. The highest BCUT2D eigenvalue weighted by Gasteiger charge is 2.48. The molecule has 1 aromatic heterocycles. The van der Waals surface area contributed by atoms with Crippen LogP contribution >= 0.6 is 23.2 Å². The second-order valence-electron chi connectivity index (χ2n) is 13.3. The van der Waals surface area contributed by atoms with E-state index in [1.165, 1.54) is 0 Å². The number of anilines is 1. The Kier molecular flexibility index (Phi) is 9.34. The lowest BCUT2D eigenvalue weighted by molar-refractivity contribution is 0.0519. The van der Waals surface area contributed by atoms with Gasteiger partial charge in [-0.2, -0.15) is 0 Å². The molecule has 8 nitrogen and oxygen atoms in total. The van der Waals surface area contributed by atoms with E-state index in [0.29, 0.717) is 58.7 Å². The molecule has 1 aliphatic heterocycles. The summed E-state index contributed by atoms with van der Waals surface area (Å²) >= 11 is 11.4. The molecule has 2 aliphatic rings. The Labute approximate surface area is 278 Å². The van der Waals surface area contributed by atoms with Crippen LogP contribution in [-0.2, 0) is 28.1 Å². The van der Waals surface area contributed by atoms with Crippen LogP contribution in [0.5, 0.6) is 0 Å². The Morgan fingerprint density at radius 1 is 1.11 bits per heavy atom. The van der Waals surface area contributed by atoms with Gasteiger partial charge in [0, 0.05) is 29.6 Å².